The number of carbonyl (C=O) groups excluding carboxylic acids is 1. The van der Waals surface area contributed by atoms with Crippen molar-refractivity contribution in [1.82, 2.24) is 4.90 Å². The van der Waals surface area contributed by atoms with Gasteiger partial charge in [0.1, 0.15) is 12.0 Å². The molecule has 7 heteroatoms. The zero-order valence-electron chi connectivity index (χ0n) is 10.3. The normalized spacial score (nSPS) is 10.1. The molecule has 2 heterocycles. The molecule has 0 fully saturated rings. The van der Waals surface area contributed by atoms with E-state index in [-0.39, 0.29) is 18.3 Å². The Morgan fingerprint density at radius 3 is 2.79 bits per heavy atom. The first-order valence-electron chi connectivity index (χ1n) is 5.37. The van der Waals surface area contributed by atoms with Crippen molar-refractivity contribution in [2.75, 3.05) is 7.05 Å². The number of hydrogen-bond donors (Lipinski definition) is 1. The van der Waals surface area contributed by atoms with E-state index < -0.39 is 0 Å². The van der Waals surface area contributed by atoms with E-state index in [0.717, 1.165) is 8.66 Å². The van der Waals surface area contributed by atoms with Crippen molar-refractivity contribution in [3.8, 4) is 0 Å². The number of thiophene rings is 1. The largest absolute Gasteiger partial charge is 0.467 e. The van der Waals surface area contributed by atoms with Crippen LogP contribution in [0.25, 0.3) is 0 Å². The third kappa shape index (κ3) is 4.07. The molecule has 0 radical (unpaired) electrons. The zero-order chi connectivity index (χ0) is 13.1. The lowest BCUT2D eigenvalue weighted by Gasteiger charge is -2.14. The number of nitrogens with two attached hydrogens (primary N) is 1. The van der Waals surface area contributed by atoms with Gasteiger partial charge in [0.2, 0.25) is 0 Å². The van der Waals surface area contributed by atoms with E-state index in [1.807, 2.05) is 12.1 Å². The molecule has 2 rings (SSSR count). The summed E-state index contributed by atoms with van der Waals surface area (Å²) in [5, 5.41) is 0. The topological polar surface area (TPSA) is 59.5 Å². The average Bonchev–Trinajstić information content (AvgIpc) is 2.97. The van der Waals surface area contributed by atoms with Crippen molar-refractivity contribution in [3.05, 3.63) is 44.4 Å². The number of furan rings is 1. The molecule has 0 aromatic carbocycles. The SMILES string of the molecule is CN(Cc1ccc(Br)s1)C(=O)c1coc(CN)c1.Cl. The quantitative estimate of drug-likeness (QED) is 0.904. The maximum Gasteiger partial charge on any atom is 0.257 e. The summed E-state index contributed by atoms with van der Waals surface area (Å²) in [5.41, 5.74) is 5.98. The minimum atomic E-state index is -0.0667. The van der Waals surface area contributed by atoms with Gasteiger partial charge in [0.25, 0.3) is 5.91 Å². The van der Waals surface area contributed by atoms with Gasteiger partial charge in [-0.25, -0.2) is 0 Å². The fourth-order valence-electron chi connectivity index (χ4n) is 1.56. The van der Waals surface area contributed by atoms with Crippen LogP contribution in [0.3, 0.4) is 0 Å². The number of halogens is 2. The second-order valence-corrected chi connectivity index (χ2v) is 6.42. The third-order valence-corrected chi connectivity index (χ3v) is 4.08. The molecular formula is C12H14BrClN2O2S. The van der Waals surface area contributed by atoms with Gasteiger partial charge in [0.15, 0.2) is 0 Å². The Labute approximate surface area is 130 Å². The van der Waals surface area contributed by atoms with Crippen LogP contribution in [0.5, 0.6) is 0 Å². The fourth-order valence-corrected chi connectivity index (χ4v) is 3.10. The summed E-state index contributed by atoms with van der Waals surface area (Å²) in [6, 6.07) is 5.66. The van der Waals surface area contributed by atoms with E-state index in [0.29, 0.717) is 24.4 Å². The lowest BCUT2D eigenvalue weighted by molar-refractivity contribution is 0.0786. The average molecular weight is 366 g/mol. The van der Waals surface area contributed by atoms with E-state index in [4.69, 9.17) is 10.2 Å². The predicted molar refractivity (Wildman–Crippen MR) is 81.7 cm³/mol. The smallest absolute Gasteiger partial charge is 0.257 e. The molecule has 0 unspecified atom stereocenters. The van der Waals surface area contributed by atoms with Gasteiger partial charge in [0.05, 0.1) is 22.4 Å². The van der Waals surface area contributed by atoms with E-state index in [2.05, 4.69) is 15.9 Å². The summed E-state index contributed by atoms with van der Waals surface area (Å²) in [6.07, 6.45) is 1.45. The highest BCUT2D eigenvalue weighted by Crippen LogP contribution is 2.23. The van der Waals surface area contributed by atoms with Crippen molar-refractivity contribution in [1.29, 1.82) is 0 Å². The summed E-state index contributed by atoms with van der Waals surface area (Å²) in [6.45, 7) is 0.882. The summed E-state index contributed by atoms with van der Waals surface area (Å²) in [7, 11) is 1.77. The zero-order valence-corrected chi connectivity index (χ0v) is 13.5. The van der Waals surface area contributed by atoms with Crippen molar-refractivity contribution in [3.63, 3.8) is 0 Å². The lowest BCUT2D eigenvalue weighted by atomic mass is 10.2. The molecule has 19 heavy (non-hydrogen) atoms. The minimum absolute atomic E-state index is 0. The molecule has 2 N–H and O–H groups in total. The van der Waals surface area contributed by atoms with Gasteiger partial charge in [-0.05, 0) is 34.1 Å². The standard InChI is InChI=1S/C12H13BrN2O2S.ClH/c1-15(6-10-2-3-11(13)18-10)12(16)8-4-9(5-14)17-7-8;/h2-4,7H,5-6,14H2,1H3;1H. The molecule has 2 aromatic heterocycles. The molecule has 0 atom stereocenters. The molecule has 2 aromatic rings. The van der Waals surface area contributed by atoms with Gasteiger partial charge in [-0.3, -0.25) is 4.79 Å². The number of carbonyl (C=O) groups is 1. The molecular weight excluding hydrogens is 352 g/mol. The first-order chi connectivity index (χ1) is 8.60. The van der Waals surface area contributed by atoms with Crippen molar-refractivity contribution < 1.29 is 9.21 Å². The molecule has 0 saturated heterocycles. The van der Waals surface area contributed by atoms with Crippen LogP contribution in [-0.4, -0.2) is 17.9 Å². The molecule has 1 amide bonds. The lowest BCUT2D eigenvalue weighted by Crippen LogP contribution is -2.25. The molecule has 0 aliphatic carbocycles. The molecule has 4 nitrogen and oxygen atoms in total. The monoisotopic (exact) mass is 364 g/mol. The summed E-state index contributed by atoms with van der Waals surface area (Å²) in [5.74, 6) is 0.550. The summed E-state index contributed by atoms with van der Waals surface area (Å²) < 4.78 is 6.22. The first-order valence-corrected chi connectivity index (χ1v) is 6.98. The third-order valence-electron chi connectivity index (χ3n) is 2.47. The Hall–Kier alpha value is -0.820. The van der Waals surface area contributed by atoms with Crippen LogP contribution in [0, 0.1) is 0 Å². The van der Waals surface area contributed by atoms with Gasteiger partial charge in [-0.2, -0.15) is 0 Å². The van der Waals surface area contributed by atoms with Gasteiger partial charge in [0, 0.05) is 11.9 Å². The number of hydrogen-bond acceptors (Lipinski definition) is 4. The van der Waals surface area contributed by atoms with Crippen LogP contribution >= 0.6 is 39.7 Å². The molecule has 0 spiro atoms. The van der Waals surface area contributed by atoms with Crippen molar-refractivity contribution in [2.45, 2.75) is 13.1 Å². The first kappa shape index (κ1) is 16.2. The maximum atomic E-state index is 12.1. The highest BCUT2D eigenvalue weighted by molar-refractivity contribution is 9.11. The Morgan fingerprint density at radius 2 is 2.26 bits per heavy atom. The van der Waals surface area contributed by atoms with Crippen LogP contribution in [0.4, 0.5) is 0 Å². The molecule has 0 aliphatic rings. The Kier molecular flexibility index (Phi) is 6.06. The Morgan fingerprint density at radius 1 is 1.53 bits per heavy atom. The van der Waals surface area contributed by atoms with Crippen LogP contribution in [0.15, 0.2) is 32.7 Å². The van der Waals surface area contributed by atoms with Gasteiger partial charge >= 0.3 is 0 Å². The number of rotatable bonds is 4. The van der Waals surface area contributed by atoms with E-state index in [1.54, 1.807) is 29.4 Å². The maximum absolute atomic E-state index is 12.1. The minimum Gasteiger partial charge on any atom is -0.467 e. The second-order valence-electron chi connectivity index (χ2n) is 3.87. The Bertz CT molecular complexity index is 555. The van der Waals surface area contributed by atoms with Crippen LogP contribution in [-0.2, 0) is 13.1 Å². The fraction of sp³-hybridized carbons (Fsp3) is 0.250. The van der Waals surface area contributed by atoms with Gasteiger partial charge in [-0.15, -0.1) is 23.7 Å². The second kappa shape index (κ2) is 7.09. The molecule has 0 aliphatic heterocycles. The van der Waals surface area contributed by atoms with E-state index in [9.17, 15) is 4.79 Å². The molecule has 104 valence electrons. The molecule has 0 saturated carbocycles. The highest BCUT2D eigenvalue weighted by atomic mass is 79.9. The molecule has 0 bridgehead atoms. The van der Waals surface area contributed by atoms with Crippen LogP contribution < -0.4 is 5.73 Å². The summed E-state index contributed by atoms with van der Waals surface area (Å²) >= 11 is 5.02. The van der Waals surface area contributed by atoms with E-state index in [1.165, 1.54) is 6.26 Å². The van der Waals surface area contributed by atoms with E-state index >= 15 is 0 Å². The predicted octanol–water partition coefficient (Wildman–Crippen LogP) is 3.26. The van der Waals surface area contributed by atoms with Crippen LogP contribution in [0.1, 0.15) is 21.0 Å². The van der Waals surface area contributed by atoms with Crippen molar-refractivity contribution in [2.24, 2.45) is 5.73 Å². The number of nitrogens with zero attached hydrogens (tertiary/aromatic N) is 1. The number of amides is 1. The Balaban J connectivity index is 0.00000180. The van der Waals surface area contributed by atoms with Crippen molar-refractivity contribution >= 4 is 45.6 Å². The highest BCUT2D eigenvalue weighted by Gasteiger charge is 2.15. The summed E-state index contributed by atoms with van der Waals surface area (Å²) in [4.78, 5) is 14.9. The van der Waals surface area contributed by atoms with Gasteiger partial charge < -0.3 is 15.1 Å². The van der Waals surface area contributed by atoms with Crippen LogP contribution in [0.2, 0.25) is 0 Å². The van der Waals surface area contributed by atoms with Gasteiger partial charge in [-0.1, -0.05) is 0 Å².